The van der Waals surface area contributed by atoms with Gasteiger partial charge in [0.2, 0.25) is 0 Å². The zero-order valence-corrected chi connectivity index (χ0v) is 15.8. The molecular weight excluding hydrogens is 387 g/mol. The second-order valence-electron chi connectivity index (χ2n) is 5.78. The Hall–Kier alpha value is -2.76. The van der Waals surface area contributed by atoms with E-state index in [0.717, 1.165) is 10.5 Å². The lowest BCUT2D eigenvalue weighted by molar-refractivity contribution is -0.122. The van der Waals surface area contributed by atoms with Crippen LogP contribution in [0.1, 0.15) is 11.1 Å². The molecule has 1 aliphatic heterocycles. The molecule has 1 saturated heterocycles. The normalized spacial score (nSPS) is 15.2. The number of nitrogens with zero attached hydrogens (tertiary/aromatic N) is 1. The lowest BCUT2D eigenvalue weighted by Crippen LogP contribution is -2.30. The summed E-state index contributed by atoms with van der Waals surface area (Å²) < 4.78 is 5.73. The molecule has 1 aliphatic rings. The van der Waals surface area contributed by atoms with Crippen molar-refractivity contribution in [3.8, 4) is 5.75 Å². The molecule has 27 heavy (non-hydrogen) atoms. The van der Waals surface area contributed by atoms with Gasteiger partial charge >= 0.3 is 6.03 Å². The Morgan fingerprint density at radius 2 is 1.78 bits per heavy atom. The summed E-state index contributed by atoms with van der Waals surface area (Å²) in [6, 6.07) is 12.4. The van der Waals surface area contributed by atoms with Crippen molar-refractivity contribution in [2.75, 3.05) is 6.54 Å². The van der Waals surface area contributed by atoms with Crippen molar-refractivity contribution in [2.45, 2.75) is 6.61 Å². The summed E-state index contributed by atoms with van der Waals surface area (Å²) >= 11 is 12.6. The molecule has 0 aromatic heterocycles. The van der Waals surface area contributed by atoms with Crippen molar-refractivity contribution in [2.24, 2.45) is 0 Å². The van der Waals surface area contributed by atoms with Gasteiger partial charge in [-0.3, -0.25) is 9.69 Å². The number of ether oxygens (including phenoxy) is 1. The molecule has 1 fully saturated rings. The largest absolute Gasteiger partial charge is 0.486 e. The molecule has 7 heteroatoms. The number of carbonyl (C=O) groups is 2. The third-order valence-electron chi connectivity index (χ3n) is 3.83. The molecule has 0 atom stereocenters. The molecule has 0 radical (unpaired) electrons. The Kier molecular flexibility index (Phi) is 5.84. The lowest BCUT2D eigenvalue weighted by atomic mass is 10.1. The maximum atomic E-state index is 12.2. The van der Waals surface area contributed by atoms with Crippen molar-refractivity contribution in [1.82, 2.24) is 10.2 Å². The van der Waals surface area contributed by atoms with E-state index in [1.165, 1.54) is 12.2 Å². The van der Waals surface area contributed by atoms with Crippen molar-refractivity contribution in [3.63, 3.8) is 0 Å². The van der Waals surface area contributed by atoms with Crippen LogP contribution >= 0.6 is 23.2 Å². The Labute approximate surface area is 166 Å². The smallest absolute Gasteiger partial charge is 0.329 e. The Bertz CT molecular complexity index is 903. The number of benzene rings is 2. The minimum atomic E-state index is -0.494. The summed E-state index contributed by atoms with van der Waals surface area (Å²) in [5.41, 5.74) is 1.70. The fourth-order valence-corrected chi connectivity index (χ4v) is 3.18. The van der Waals surface area contributed by atoms with Crippen LogP contribution in [-0.2, 0) is 11.4 Å². The molecule has 3 amide bonds. The summed E-state index contributed by atoms with van der Waals surface area (Å²) in [7, 11) is 0. The van der Waals surface area contributed by atoms with E-state index in [-0.39, 0.29) is 12.2 Å². The topological polar surface area (TPSA) is 58.6 Å². The zero-order valence-electron chi connectivity index (χ0n) is 14.2. The van der Waals surface area contributed by atoms with Gasteiger partial charge in [-0.25, -0.2) is 4.79 Å². The third-order valence-corrected chi connectivity index (χ3v) is 4.39. The first-order chi connectivity index (χ1) is 13.0. The summed E-state index contributed by atoms with van der Waals surface area (Å²) in [6.45, 7) is 3.99. The van der Waals surface area contributed by atoms with Gasteiger partial charge in [0.1, 0.15) is 12.3 Å². The summed E-state index contributed by atoms with van der Waals surface area (Å²) in [5.74, 6) is -0.0732. The average Bonchev–Trinajstić information content (AvgIpc) is 2.90. The first-order valence-electron chi connectivity index (χ1n) is 8.11. The second kappa shape index (κ2) is 8.29. The predicted octanol–water partition coefficient (Wildman–Crippen LogP) is 4.65. The zero-order chi connectivity index (χ0) is 19.4. The number of nitrogens with one attached hydrogen (secondary N) is 1. The van der Waals surface area contributed by atoms with E-state index in [2.05, 4.69) is 11.9 Å². The highest BCUT2D eigenvalue weighted by Gasteiger charge is 2.32. The number of rotatable bonds is 6. The van der Waals surface area contributed by atoms with Crippen LogP contribution in [0, 0.1) is 0 Å². The SMILES string of the molecule is C=CCN1C(=O)N/C(=C/c2cc(Cl)c(OCc3ccccc3)c(Cl)c2)C1=O. The maximum Gasteiger partial charge on any atom is 0.329 e. The standard InChI is InChI=1S/C20H16Cl2N2O3/c1-2-8-24-19(25)17(23-20(24)26)11-14-9-15(21)18(16(22)10-14)27-12-13-6-4-3-5-7-13/h2-7,9-11H,1,8,12H2,(H,23,26)/b17-11+. The van der Waals surface area contributed by atoms with Crippen LogP contribution < -0.4 is 10.1 Å². The maximum absolute atomic E-state index is 12.2. The van der Waals surface area contributed by atoms with Crippen LogP contribution in [0.3, 0.4) is 0 Å². The number of hydrogen-bond donors (Lipinski definition) is 1. The number of amides is 3. The van der Waals surface area contributed by atoms with Gasteiger partial charge in [-0.15, -0.1) is 6.58 Å². The highest BCUT2D eigenvalue weighted by Crippen LogP contribution is 2.35. The molecule has 1 heterocycles. The van der Waals surface area contributed by atoms with E-state index in [4.69, 9.17) is 27.9 Å². The Morgan fingerprint density at radius 3 is 2.41 bits per heavy atom. The molecule has 1 N–H and O–H groups in total. The average molecular weight is 403 g/mol. The van der Waals surface area contributed by atoms with E-state index in [1.54, 1.807) is 12.1 Å². The predicted molar refractivity (Wildman–Crippen MR) is 106 cm³/mol. The van der Waals surface area contributed by atoms with Gasteiger partial charge in [0.25, 0.3) is 5.91 Å². The van der Waals surface area contributed by atoms with Crippen LogP contribution in [0.2, 0.25) is 10.0 Å². The molecular formula is C20H16Cl2N2O3. The summed E-state index contributed by atoms with van der Waals surface area (Å²) in [4.78, 5) is 25.1. The highest BCUT2D eigenvalue weighted by molar-refractivity contribution is 6.37. The molecule has 2 aromatic carbocycles. The van der Waals surface area contributed by atoms with Gasteiger partial charge in [0.15, 0.2) is 5.75 Å². The first-order valence-corrected chi connectivity index (χ1v) is 8.86. The number of carbonyl (C=O) groups excluding carboxylic acids is 2. The van der Waals surface area contributed by atoms with Crippen LogP contribution in [0.25, 0.3) is 6.08 Å². The van der Waals surface area contributed by atoms with Gasteiger partial charge < -0.3 is 10.1 Å². The fraction of sp³-hybridized carbons (Fsp3) is 0.100. The summed E-state index contributed by atoms with van der Waals surface area (Å²) in [5, 5.41) is 3.14. The van der Waals surface area contributed by atoms with Gasteiger partial charge in [-0.2, -0.15) is 0 Å². The third kappa shape index (κ3) is 4.32. The van der Waals surface area contributed by atoms with Crippen LogP contribution in [0.15, 0.2) is 60.8 Å². The molecule has 138 valence electrons. The number of halogens is 2. The Balaban J connectivity index is 1.79. The molecule has 0 unspecified atom stereocenters. The van der Waals surface area contributed by atoms with Crippen molar-refractivity contribution < 1.29 is 14.3 Å². The second-order valence-corrected chi connectivity index (χ2v) is 6.59. The van der Waals surface area contributed by atoms with Gasteiger partial charge in [-0.05, 0) is 29.3 Å². The quantitative estimate of drug-likeness (QED) is 0.434. The van der Waals surface area contributed by atoms with Gasteiger partial charge in [0, 0.05) is 6.54 Å². The first kappa shape index (κ1) is 19.0. The fourth-order valence-electron chi connectivity index (χ4n) is 2.56. The van der Waals surface area contributed by atoms with E-state index in [9.17, 15) is 9.59 Å². The number of imide groups is 1. The molecule has 3 rings (SSSR count). The van der Waals surface area contributed by atoms with Crippen molar-refractivity contribution in [1.29, 1.82) is 0 Å². The minimum Gasteiger partial charge on any atom is -0.486 e. The summed E-state index contributed by atoms with van der Waals surface area (Å²) in [6.07, 6.45) is 3.00. The van der Waals surface area contributed by atoms with Crippen LogP contribution in [-0.4, -0.2) is 23.4 Å². The van der Waals surface area contributed by atoms with E-state index in [1.807, 2.05) is 30.3 Å². The van der Waals surface area contributed by atoms with Gasteiger partial charge in [0.05, 0.1) is 10.0 Å². The monoisotopic (exact) mass is 402 g/mol. The molecule has 0 spiro atoms. The van der Waals surface area contributed by atoms with E-state index < -0.39 is 11.9 Å². The minimum absolute atomic E-state index is 0.135. The van der Waals surface area contributed by atoms with Crippen LogP contribution in [0.4, 0.5) is 4.79 Å². The van der Waals surface area contributed by atoms with Crippen LogP contribution in [0.5, 0.6) is 5.75 Å². The molecule has 2 aromatic rings. The lowest BCUT2D eigenvalue weighted by Gasteiger charge is -2.11. The van der Waals surface area contributed by atoms with Crippen molar-refractivity contribution in [3.05, 3.63) is 82.0 Å². The number of hydrogen-bond acceptors (Lipinski definition) is 3. The van der Waals surface area contributed by atoms with Gasteiger partial charge in [-0.1, -0.05) is 59.6 Å². The van der Waals surface area contributed by atoms with E-state index >= 15 is 0 Å². The molecule has 5 nitrogen and oxygen atoms in total. The van der Waals surface area contributed by atoms with E-state index in [0.29, 0.717) is 28.0 Å². The van der Waals surface area contributed by atoms with Crippen molar-refractivity contribution >= 4 is 41.2 Å². The molecule has 0 aliphatic carbocycles. The molecule has 0 saturated carbocycles. The number of urea groups is 1. The molecule has 0 bridgehead atoms. The highest BCUT2D eigenvalue weighted by atomic mass is 35.5. The Morgan fingerprint density at radius 1 is 1.11 bits per heavy atom.